The van der Waals surface area contributed by atoms with Gasteiger partial charge in [-0.25, -0.2) is 9.97 Å². The molecular formula is C13H16N6OS. The number of rotatable bonds is 3. The molecule has 0 unspecified atom stereocenters. The van der Waals surface area contributed by atoms with Crippen LogP contribution in [0.3, 0.4) is 0 Å². The number of nitrogens with one attached hydrogen (secondary N) is 1. The van der Waals surface area contributed by atoms with Crippen molar-refractivity contribution >= 4 is 28.2 Å². The predicted octanol–water partition coefficient (Wildman–Crippen LogP) is 2.06. The zero-order valence-electron chi connectivity index (χ0n) is 11.9. The summed E-state index contributed by atoms with van der Waals surface area (Å²) in [6.07, 6.45) is 1.95. The standard InChI is InChI=1S/C13H16N6OS/c1-8-15-10(11-4-3-5-19(11)9(2)20)6-12(16-8)17-13-18-14-7-21-13/h6-7,11H,3-5H2,1-2H3,(H,15,16,17,18)/t11-/m1/s1. The Morgan fingerprint density at radius 3 is 3.05 bits per heavy atom. The van der Waals surface area contributed by atoms with Gasteiger partial charge in [-0.1, -0.05) is 11.3 Å². The van der Waals surface area contributed by atoms with Gasteiger partial charge in [-0.05, 0) is 19.8 Å². The van der Waals surface area contributed by atoms with E-state index in [1.807, 2.05) is 17.9 Å². The Kier molecular flexibility index (Phi) is 3.78. The minimum Gasteiger partial charge on any atom is -0.334 e. The summed E-state index contributed by atoms with van der Waals surface area (Å²) in [7, 11) is 0. The highest BCUT2D eigenvalue weighted by molar-refractivity contribution is 7.13. The van der Waals surface area contributed by atoms with E-state index in [0.29, 0.717) is 16.8 Å². The second-order valence-corrected chi connectivity index (χ2v) is 5.80. The van der Waals surface area contributed by atoms with Crippen LogP contribution in [0.5, 0.6) is 0 Å². The first-order chi connectivity index (χ1) is 10.1. The maximum Gasteiger partial charge on any atom is 0.220 e. The molecule has 1 fully saturated rings. The number of nitrogens with zero attached hydrogens (tertiary/aromatic N) is 5. The molecule has 8 heteroatoms. The van der Waals surface area contributed by atoms with Gasteiger partial charge in [0.2, 0.25) is 11.0 Å². The van der Waals surface area contributed by atoms with Gasteiger partial charge >= 0.3 is 0 Å². The number of carbonyl (C=O) groups is 1. The van der Waals surface area contributed by atoms with Gasteiger partial charge in [0.15, 0.2) is 0 Å². The molecule has 0 radical (unpaired) electrons. The van der Waals surface area contributed by atoms with Gasteiger partial charge in [0.25, 0.3) is 0 Å². The van der Waals surface area contributed by atoms with E-state index in [1.54, 1.807) is 12.4 Å². The minimum atomic E-state index is 0.0409. The molecule has 1 atom stereocenters. The van der Waals surface area contributed by atoms with Crippen molar-refractivity contribution in [1.29, 1.82) is 0 Å². The maximum absolute atomic E-state index is 11.7. The first kappa shape index (κ1) is 13.9. The molecule has 3 heterocycles. The van der Waals surface area contributed by atoms with Crippen LogP contribution in [0, 0.1) is 6.92 Å². The molecule has 3 rings (SSSR count). The third kappa shape index (κ3) is 2.99. The summed E-state index contributed by atoms with van der Waals surface area (Å²) in [5, 5.41) is 11.5. The summed E-state index contributed by atoms with van der Waals surface area (Å²) in [4.78, 5) is 22.4. The Bertz CT molecular complexity index is 644. The van der Waals surface area contributed by atoms with Crippen LogP contribution < -0.4 is 5.32 Å². The predicted molar refractivity (Wildman–Crippen MR) is 79.3 cm³/mol. The molecule has 0 bridgehead atoms. The van der Waals surface area contributed by atoms with Crippen molar-refractivity contribution in [2.75, 3.05) is 11.9 Å². The van der Waals surface area contributed by atoms with Crippen LogP contribution in [0.25, 0.3) is 0 Å². The summed E-state index contributed by atoms with van der Waals surface area (Å²) < 4.78 is 0. The number of anilines is 2. The van der Waals surface area contributed by atoms with Gasteiger partial charge in [0, 0.05) is 19.5 Å². The third-order valence-corrected chi connectivity index (χ3v) is 4.06. The number of likely N-dealkylation sites (tertiary alicyclic amines) is 1. The Morgan fingerprint density at radius 2 is 2.33 bits per heavy atom. The molecule has 110 valence electrons. The van der Waals surface area contributed by atoms with E-state index in [2.05, 4.69) is 25.5 Å². The van der Waals surface area contributed by atoms with E-state index in [-0.39, 0.29) is 11.9 Å². The van der Waals surface area contributed by atoms with Gasteiger partial charge in [0.05, 0.1) is 11.7 Å². The van der Waals surface area contributed by atoms with Gasteiger partial charge in [0.1, 0.15) is 17.2 Å². The van der Waals surface area contributed by atoms with Crippen LogP contribution in [0.4, 0.5) is 10.9 Å². The molecule has 0 spiro atoms. The maximum atomic E-state index is 11.7. The van der Waals surface area contributed by atoms with Crippen LogP contribution >= 0.6 is 11.3 Å². The lowest BCUT2D eigenvalue weighted by atomic mass is 10.1. The average molecular weight is 304 g/mol. The Balaban J connectivity index is 1.88. The summed E-state index contributed by atoms with van der Waals surface area (Å²) in [5.41, 5.74) is 2.54. The van der Waals surface area contributed by atoms with Crippen molar-refractivity contribution in [2.45, 2.75) is 32.7 Å². The molecule has 21 heavy (non-hydrogen) atoms. The molecular weight excluding hydrogens is 288 g/mol. The largest absolute Gasteiger partial charge is 0.334 e. The summed E-state index contributed by atoms with van der Waals surface area (Å²) in [5.74, 6) is 1.45. The molecule has 2 aromatic heterocycles. The minimum absolute atomic E-state index is 0.0409. The van der Waals surface area contributed by atoms with Crippen molar-refractivity contribution < 1.29 is 4.79 Å². The molecule has 0 aromatic carbocycles. The van der Waals surface area contributed by atoms with Crippen LogP contribution in [-0.2, 0) is 4.79 Å². The normalized spacial score (nSPS) is 18.0. The van der Waals surface area contributed by atoms with Gasteiger partial charge in [-0.3, -0.25) is 4.79 Å². The molecule has 1 N–H and O–H groups in total. The highest BCUT2D eigenvalue weighted by Gasteiger charge is 2.29. The zero-order valence-corrected chi connectivity index (χ0v) is 12.7. The van der Waals surface area contributed by atoms with Gasteiger partial charge in [-0.2, -0.15) is 0 Å². The van der Waals surface area contributed by atoms with E-state index >= 15 is 0 Å². The summed E-state index contributed by atoms with van der Waals surface area (Å²) in [6.45, 7) is 4.25. The van der Waals surface area contributed by atoms with E-state index in [1.165, 1.54) is 11.3 Å². The van der Waals surface area contributed by atoms with Crippen LogP contribution in [0.1, 0.15) is 37.3 Å². The Labute approximate surface area is 126 Å². The first-order valence-corrected chi connectivity index (χ1v) is 7.67. The Morgan fingerprint density at radius 1 is 1.48 bits per heavy atom. The number of hydrogen-bond donors (Lipinski definition) is 1. The second-order valence-electron chi connectivity index (χ2n) is 4.96. The average Bonchev–Trinajstić information content (AvgIpc) is 3.08. The molecule has 1 aliphatic heterocycles. The van der Waals surface area contributed by atoms with Gasteiger partial charge < -0.3 is 10.2 Å². The van der Waals surface area contributed by atoms with E-state index < -0.39 is 0 Å². The highest BCUT2D eigenvalue weighted by Crippen LogP contribution is 2.32. The Hall–Kier alpha value is -2.09. The molecule has 0 saturated carbocycles. The molecule has 1 saturated heterocycles. The number of carbonyl (C=O) groups excluding carboxylic acids is 1. The highest BCUT2D eigenvalue weighted by atomic mass is 32.1. The summed E-state index contributed by atoms with van der Waals surface area (Å²) in [6, 6.07) is 1.93. The van der Waals surface area contributed by atoms with Crippen molar-refractivity contribution in [3.8, 4) is 0 Å². The van der Waals surface area contributed by atoms with Crippen molar-refractivity contribution in [3.05, 3.63) is 23.1 Å². The molecule has 1 aliphatic rings. The van der Waals surface area contributed by atoms with Gasteiger partial charge in [-0.15, -0.1) is 10.2 Å². The number of amides is 1. The molecule has 7 nitrogen and oxygen atoms in total. The molecule has 1 amide bonds. The van der Waals surface area contributed by atoms with Crippen molar-refractivity contribution in [2.24, 2.45) is 0 Å². The monoisotopic (exact) mass is 304 g/mol. The van der Waals surface area contributed by atoms with Crippen molar-refractivity contribution in [3.63, 3.8) is 0 Å². The lowest BCUT2D eigenvalue weighted by Gasteiger charge is -2.23. The number of aryl methyl sites for hydroxylation is 1. The SMILES string of the molecule is CC(=O)N1CCC[C@@H]1c1cc(Nc2nncs2)nc(C)n1. The number of hydrogen-bond acceptors (Lipinski definition) is 7. The third-order valence-electron chi connectivity index (χ3n) is 3.45. The second kappa shape index (κ2) is 5.72. The lowest BCUT2D eigenvalue weighted by molar-refractivity contribution is -0.129. The van der Waals surface area contributed by atoms with E-state index in [0.717, 1.165) is 25.1 Å². The fourth-order valence-electron chi connectivity index (χ4n) is 2.61. The molecule has 2 aromatic rings. The fourth-order valence-corrected chi connectivity index (χ4v) is 3.07. The zero-order chi connectivity index (χ0) is 14.8. The van der Waals surface area contributed by atoms with E-state index in [4.69, 9.17) is 0 Å². The van der Waals surface area contributed by atoms with Crippen LogP contribution in [-0.4, -0.2) is 37.5 Å². The van der Waals surface area contributed by atoms with Crippen molar-refractivity contribution in [1.82, 2.24) is 25.1 Å². The quantitative estimate of drug-likeness (QED) is 0.934. The number of aromatic nitrogens is 4. The van der Waals surface area contributed by atoms with Crippen LogP contribution in [0.2, 0.25) is 0 Å². The first-order valence-electron chi connectivity index (χ1n) is 6.79. The van der Waals surface area contributed by atoms with E-state index in [9.17, 15) is 4.79 Å². The topological polar surface area (TPSA) is 83.9 Å². The van der Waals surface area contributed by atoms with Crippen LogP contribution in [0.15, 0.2) is 11.6 Å². The fraction of sp³-hybridized carbons (Fsp3) is 0.462. The smallest absolute Gasteiger partial charge is 0.220 e. The summed E-state index contributed by atoms with van der Waals surface area (Å²) >= 11 is 1.41. The lowest BCUT2D eigenvalue weighted by Crippen LogP contribution is -2.28. The molecule has 0 aliphatic carbocycles.